The number of hydrogen-bond acceptors (Lipinski definition) is 6. The van der Waals surface area contributed by atoms with Gasteiger partial charge in [-0.2, -0.15) is 10.1 Å². The number of anilines is 1. The number of H-pyrrole nitrogens is 1. The van der Waals surface area contributed by atoms with Gasteiger partial charge in [-0.1, -0.05) is 12.1 Å². The Morgan fingerprint density at radius 2 is 1.82 bits per heavy atom. The van der Waals surface area contributed by atoms with E-state index in [1.165, 1.54) is 60.8 Å². The van der Waals surface area contributed by atoms with Crippen LogP contribution in [0.3, 0.4) is 0 Å². The van der Waals surface area contributed by atoms with Crippen LogP contribution in [-0.4, -0.2) is 38.4 Å². The fraction of sp³-hybridized carbons (Fsp3) is 0.0435. The lowest BCUT2D eigenvalue weighted by Crippen LogP contribution is -2.21. The molecule has 0 unspecified atom stereocenters. The smallest absolute Gasteiger partial charge is 0.335 e. The fourth-order valence-corrected chi connectivity index (χ4v) is 3.37. The number of aromatic amines is 1. The number of nitrogens with zero attached hydrogens (tertiary/aromatic N) is 3. The van der Waals surface area contributed by atoms with E-state index < -0.39 is 22.6 Å². The molecule has 0 spiro atoms. The Labute approximate surface area is 186 Å². The van der Waals surface area contributed by atoms with Gasteiger partial charge in [0.05, 0.1) is 27.5 Å². The number of para-hydroxylation sites is 1. The molecule has 3 aromatic rings. The lowest BCUT2D eigenvalue weighted by Gasteiger charge is -2.11. The SMILES string of the molecule is CC1=NN(c2ccc(C(=O)O)cc2)C(=O)/C1=C\c1cc(C(=O)c2ccccc2[N+](=O)[O-])c[nH]1. The van der Waals surface area contributed by atoms with Crippen LogP contribution in [0.1, 0.15) is 38.9 Å². The molecule has 2 heterocycles. The Bertz CT molecular complexity index is 1370. The maximum atomic E-state index is 12.9. The van der Waals surface area contributed by atoms with Gasteiger partial charge in [0.25, 0.3) is 11.6 Å². The lowest BCUT2D eigenvalue weighted by molar-refractivity contribution is -0.385. The number of carboxylic acids is 1. The minimum atomic E-state index is -1.08. The number of amides is 1. The topological polar surface area (TPSA) is 146 Å². The van der Waals surface area contributed by atoms with E-state index in [0.29, 0.717) is 17.1 Å². The molecule has 10 heteroatoms. The molecule has 1 aromatic heterocycles. The molecule has 10 nitrogen and oxygen atoms in total. The largest absolute Gasteiger partial charge is 0.478 e. The van der Waals surface area contributed by atoms with Gasteiger partial charge in [-0.3, -0.25) is 19.7 Å². The molecule has 0 aliphatic carbocycles. The summed E-state index contributed by atoms with van der Waals surface area (Å²) in [7, 11) is 0. The van der Waals surface area contributed by atoms with E-state index in [1.54, 1.807) is 13.0 Å². The van der Waals surface area contributed by atoms with Crippen molar-refractivity contribution < 1.29 is 24.4 Å². The summed E-state index contributed by atoms with van der Waals surface area (Å²) in [5, 5.41) is 25.6. The molecule has 1 aliphatic rings. The number of benzene rings is 2. The second-order valence-electron chi connectivity index (χ2n) is 7.16. The monoisotopic (exact) mass is 444 g/mol. The molecule has 164 valence electrons. The summed E-state index contributed by atoms with van der Waals surface area (Å²) in [6, 6.07) is 12.9. The van der Waals surface area contributed by atoms with Crippen LogP contribution in [0.25, 0.3) is 6.08 Å². The predicted molar refractivity (Wildman–Crippen MR) is 119 cm³/mol. The first-order valence-electron chi connectivity index (χ1n) is 9.68. The number of hydrogen-bond donors (Lipinski definition) is 2. The molecule has 33 heavy (non-hydrogen) atoms. The first kappa shape index (κ1) is 21.4. The molecule has 0 fully saturated rings. The van der Waals surface area contributed by atoms with Crippen LogP contribution in [0.15, 0.2) is 71.5 Å². The highest BCUT2D eigenvalue weighted by molar-refractivity contribution is 6.32. The van der Waals surface area contributed by atoms with Crippen molar-refractivity contribution in [2.45, 2.75) is 6.92 Å². The molecule has 0 saturated carbocycles. The normalized spacial score (nSPS) is 14.5. The zero-order chi connectivity index (χ0) is 23.7. The van der Waals surface area contributed by atoms with E-state index in [1.807, 2.05) is 0 Å². The summed E-state index contributed by atoms with van der Waals surface area (Å²) in [5.74, 6) is -2.02. The molecule has 2 aromatic carbocycles. The third-order valence-electron chi connectivity index (χ3n) is 5.03. The van der Waals surface area contributed by atoms with Gasteiger partial charge in [-0.25, -0.2) is 4.79 Å². The van der Waals surface area contributed by atoms with Crippen molar-refractivity contribution in [2.24, 2.45) is 5.10 Å². The van der Waals surface area contributed by atoms with Gasteiger partial charge in [-0.05, 0) is 49.4 Å². The Morgan fingerprint density at radius 3 is 2.48 bits per heavy atom. The minimum Gasteiger partial charge on any atom is -0.478 e. The second kappa shape index (κ2) is 8.35. The fourth-order valence-electron chi connectivity index (χ4n) is 3.37. The zero-order valence-electron chi connectivity index (χ0n) is 17.2. The van der Waals surface area contributed by atoms with Crippen LogP contribution in [0.5, 0.6) is 0 Å². The summed E-state index contributed by atoms with van der Waals surface area (Å²) in [5.41, 5.74) is 1.53. The number of nitro benzene ring substituents is 1. The van der Waals surface area contributed by atoms with Crippen molar-refractivity contribution in [3.63, 3.8) is 0 Å². The number of nitro groups is 1. The predicted octanol–water partition coefficient (Wildman–Crippen LogP) is 3.66. The third kappa shape index (κ3) is 4.04. The van der Waals surface area contributed by atoms with Gasteiger partial charge in [-0.15, -0.1) is 0 Å². The van der Waals surface area contributed by atoms with Crippen molar-refractivity contribution >= 4 is 40.8 Å². The van der Waals surface area contributed by atoms with Gasteiger partial charge in [0.1, 0.15) is 5.56 Å². The van der Waals surface area contributed by atoms with Gasteiger partial charge in [0.2, 0.25) is 5.78 Å². The van der Waals surface area contributed by atoms with Crippen LogP contribution in [0, 0.1) is 10.1 Å². The summed E-state index contributed by atoms with van der Waals surface area (Å²) in [6.45, 7) is 1.65. The molecular formula is C23H16N4O6. The molecule has 0 atom stereocenters. The summed E-state index contributed by atoms with van der Waals surface area (Å²) in [6.07, 6.45) is 2.95. The van der Waals surface area contributed by atoms with Crippen molar-refractivity contribution in [1.29, 1.82) is 0 Å². The number of nitrogens with one attached hydrogen (secondary N) is 1. The van der Waals surface area contributed by atoms with E-state index in [2.05, 4.69) is 10.1 Å². The second-order valence-corrected chi connectivity index (χ2v) is 7.16. The zero-order valence-corrected chi connectivity index (χ0v) is 17.2. The summed E-state index contributed by atoms with van der Waals surface area (Å²) in [4.78, 5) is 50.2. The van der Waals surface area contributed by atoms with Crippen LogP contribution in [0.2, 0.25) is 0 Å². The average Bonchev–Trinajstić information content (AvgIpc) is 3.39. The average molecular weight is 444 g/mol. The molecule has 0 radical (unpaired) electrons. The minimum absolute atomic E-state index is 0.0358. The van der Waals surface area contributed by atoms with Gasteiger partial charge >= 0.3 is 5.97 Å². The number of aromatic carboxylic acids is 1. The number of carbonyl (C=O) groups excluding carboxylic acids is 2. The number of ketones is 1. The Kier molecular flexibility index (Phi) is 5.41. The lowest BCUT2D eigenvalue weighted by atomic mass is 10.0. The molecule has 1 amide bonds. The van der Waals surface area contributed by atoms with Gasteiger partial charge < -0.3 is 10.1 Å². The van der Waals surface area contributed by atoms with Crippen molar-refractivity contribution in [3.05, 3.63) is 98.9 Å². The van der Waals surface area contributed by atoms with Crippen molar-refractivity contribution in [3.8, 4) is 0 Å². The van der Waals surface area contributed by atoms with Crippen molar-refractivity contribution in [1.82, 2.24) is 4.98 Å². The maximum Gasteiger partial charge on any atom is 0.335 e. The molecule has 4 rings (SSSR count). The maximum absolute atomic E-state index is 12.9. The van der Waals surface area contributed by atoms with Crippen LogP contribution in [-0.2, 0) is 4.79 Å². The first-order chi connectivity index (χ1) is 15.8. The van der Waals surface area contributed by atoms with Crippen LogP contribution < -0.4 is 5.01 Å². The summed E-state index contributed by atoms with van der Waals surface area (Å²) < 4.78 is 0. The summed E-state index contributed by atoms with van der Waals surface area (Å²) >= 11 is 0. The van der Waals surface area contributed by atoms with Gasteiger partial charge in [0.15, 0.2) is 0 Å². The van der Waals surface area contributed by atoms with Crippen LogP contribution in [0.4, 0.5) is 11.4 Å². The molecule has 1 aliphatic heterocycles. The Balaban J connectivity index is 1.59. The number of hydrazone groups is 1. The Morgan fingerprint density at radius 1 is 1.12 bits per heavy atom. The van der Waals surface area contributed by atoms with E-state index in [9.17, 15) is 24.5 Å². The number of aromatic nitrogens is 1. The van der Waals surface area contributed by atoms with E-state index >= 15 is 0 Å². The highest BCUT2D eigenvalue weighted by Crippen LogP contribution is 2.26. The highest BCUT2D eigenvalue weighted by atomic mass is 16.6. The first-order valence-corrected chi connectivity index (χ1v) is 9.68. The molecule has 0 bridgehead atoms. The van der Waals surface area contributed by atoms with Gasteiger partial charge in [0, 0.05) is 23.5 Å². The van der Waals surface area contributed by atoms with E-state index in [0.717, 1.165) is 5.01 Å². The van der Waals surface area contributed by atoms with E-state index in [-0.39, 0.29) is 28.0 Å². The van der Waals surface area contributed by atoms with Crippen LogP contribution >= 0.6 is 0 Å². The molecule has 0 saturated heterocycles. The number of carbonyl (C=O) groups is 3. The highest BCUT2D eigenvalue weighted by Gasteiger charge is 2.29. The number of rotatable bonds is 6. The number of carboxylic acid groups (broad SMARTS) is 1. The molecule has 2 N–H and O–H groups in total. The standard InChI is InChI=1S/C23H16N4O6/c1-13-19(22(29)26(25-13)17-8-6-14(7-9-17)23(30)31)11-16-10-15(12-24-16)21(28)18-4-2-3-5-20(18)27(32)33/h2-12,24H,1H3,(H,30,31)/b19-11-. The quantitative estimate of drug-likeness (QED) is 0.257. The third-order valence-corrected chi connectivity index (χ3v) is 5.03. The van der Waals surface area contributed by atoms with Crippen molar-refractivity contribution in [2.75, 3.05) is 5.01 Å². The Hall–Kier alpha value is -4.86. The molecular weight excluding hydrogens is 428 g/mol. The van der Waals surface area contributed by atoms with E-state index in [4.69, 9.17) is 5.11 Å².